The van der Waals surface area contributed by atoms with E-state index in [1.54, 1.807) is 0 Å². The molecule has 0 spiro atoms. The highest BCUT2D eigenvalue weighted by Crippen LogP contribution is 2.27. The Balaban J connectivity index is 4.70. The second kappa shape index (κ2) is 15.3. The lowest BCUT2D eigenvalue weighted by Gasteiger charge is -2.26. The van der Waals surface area contributed by atoms with E-state index in [-0.39, 0.29) is 16.3 Å². The Hall–Kier alpha value is 0.995. The molecular formula is C16H35BO3S3. The molecule has 0 amide bonds. The van der Waals surface area contributed by atoms with Gasteiger partial charge in [-0.2, -0.15) is 0 Å². The second-order valence-electron chi connectivity index (χ2n) is 5.76. The summed E-state index contributed by atoms with van der Waals surface area (Å²) in [6, 6.07) is 0. The van der Waals surface area contributed by atoms with Gasteiger partial charge in [-0.1, -0.05) is 53.9 Å². The molecule has 0 aliphatic heterocycles. The fourth-order valence-electron chi connectivity index (χ4n) is 1.87. The predicted molar refractivity (Wildman–Crippen MR) is 110 cm³/mol. The van der Waals surface area contributed by atoms with Gasteiger partial charge in [-0.3, -0.25) is 0 Å². The molecule has 0 radical (unpaired) electrons. The first-order valence-electron chi connectivity index (χ1n) is 8.94. The van der Waals surface area contributed by atoms with Crippen molar-refractivity contribution in [3.8, 4) is 0 Å². The summed E-state index contributed by atoms with van der Waals surface area (Å²) in [6.07, 6.45) is 6.94. The Morgan fingerprint density at radius 3 is 1.70 bits per heavy atom. The van der Waals surface area contributed by atoms with E-state index in [9.17, 15) is 0 Å². The second-order valence-corrected chi connectivity index (χ2v) is 8.51. The van der Waals surface area contributed by atoms with Gasteiger partial charge in [-0.05, 0) is 25.7 Å². The van der Waals surface area contributed by atoms with Crippen molar-refractivity contribution in [2.24, 2.45) is 0 Å². The molecule has 3 nitrogen and oxygen atoms in total. The van der Waals surface area contributed by atoms with Gasteiger partial charge in [-0.15, -0.1) is 37.0 Å². The van der Waals surface area contributed by atoms with Crippen LogP contribution in [-0.2, 0) is 14.0 Å². The lowest BCUT2D eigenvalue weighted by Crippen LogP contribution is -2.36. The quantitative estimate of drug-likeness (QED) is 0.213. The van der Waals surface area contributed by atoms with Crippen LogP contribution >= 0.6 is 37.0 Å². The van der Waals surface area contributed by atoms with E-state index >= 15 is 0 Å². The summed E-state index contributed by atoms with van der Waals surface area (Å²) in [4.78, 5) is 0. The van der Waals surface area contributed by atoms with Gasteiger partial charge in [0.05, 0.1) is 16.3 Å². The van der Waals surface area contributed by atoms with Gasteiger partial charge < -0.3 is 14.0 Å². The molecule has 0 heterocycles. The number of thioether (sulfide) groups is 1. The smallest absolute Gasteiger partial charge is 0.374 e. The van der Waals surface area contributed by atoms with E-state index in [4.69, 9.17) is 14.0 Å². The average Bonchev–Trinajstić information content (AvgIpc) is 2.47. The van der Waals surface area contributed by atoms with E-state index in [0.29, 0.717) is 5.25 Å². The fourth-order valence-corrected chi connectivity index (χ4v) is 3.82. The highest BCUT2D eigenvalue weighted by molar-refractivity contribution is 8.00. The first-order valence-corrected chi connectivity index (χ1v) is 10.9. The lowest BCUT2D eigenvalue weighted by atomic mass is 10.2. The molecule has 23 heavy (non-hydrogen) atoms. The van der Waals surface area contributed by atoms with Crippen LogP contribution in [0.4, 0.5) is 0 Å². The Morgan fingerprint density at radius 1 is 0.826 bits per heavy atom. The molecule has 4 unspecified atom stereocenters. The van der Waals surface area contributed by atoms with Crippen molar-refractivity contribution in [1.82, 2.24) is 0 Å². The van der Waals surface area contributed by atoms with E-state index in [0.717, 1.165) is 44.9 Å². The maximum absolute atomic E-state index is 6.12. The van der Waals surface area contributed by atoms with Crippen LogP contribution in [0, 0.1) is 0 Å². The Kier molecular flexibility index (Phi) is 15.9. The van der Waals surface area contributed by atoms with Crippen LogP contribution in [0.3, 0.4) is 0 Å². The van der Waals surface area contributed by atoms with Crippen molar-refractivity contribution in [1.29, 1.82) is 0 Å². The average molecular weight is 382 g/mol. The van der Waals surface area contributed by atoms with Gasteiger partial charge in [0.25, 0.3) is 0 Å². The molecular weight excluding hydrogens is 347 g/mol. The van der Waals surface area contributed by atoms with Crippen molar-refractivity contribution in [3.05, 3.63) is 0 Å². The zero-order valence-electron chi connectivity index (χ0n) is 15.4. The minimum atomic E-state index is -0.703. The molecule has 0 bridgehead atoms. The molecule has 0 aromatic heterocycles. The van der Waals surface area contributed by atoms with Crippen molar-refractivity contribution in [2.45, 2.75) is 101 Å². The van der Waals surface area contributed by atoms with Gasteiger partial charge in [0.1, 0.15) is 0 Å². The maximum Gasteiger partial charge on any atom is 0.641 e. The van der Waals surface area contributed by atoms with E-state index in [1.807, 2.05) is 11.8 Å². The standard InChI is InChI=1S/C16H35BO3S3/c1-6-10-14(21)18-17(19-15(22)11-7-2)20-16(12-8-3)23-13(5)9-4/h13-16,21-22H,6-12H2,1-5H3. The third-order valence-electron chi connectivity index (χ3n) is 3.35. The van der Waals surface area contributed by atoms with Gasteiger partial charge in [0, 0.05) is 5.25 Å². The molecule has 0 N–H and O–H groups in total. The molecule has 0 fully saturated rings. The largest absolute Gasteiger partial charge is 0.641 e. The molecule has 0 saturated heterocycles. The summed E-state index contributed by atoms with van der Waals surface area (Å²) >= 11 is 10.8. The van der Waals surface area contributed by atoms with Crippen LogP contribution in [0.15, 0.2) is 0 Å². The first kappa shape index (κ1) is 24.0. The molecule has 0 saturated carbocycles. The molecule has 4 atom stereocenters. The summed E-state index contributed by atoms with van der Waals surface area (Å²) in [5, 5.41) is 0.553. The molecule has 0 rings (SSSR count). The van der Waals surface area contributed by atoms with Crippen molar-refractivity contribution in [3.63, 3.8) is 0 Å². The van der Waals surface area contributed by atoms with Crippen molar-refractivity contribution >= 4 is 44.3 Å². The highest BCUT2D eigenvalue weighted by Gasteiger charge is 2.31. The summed E-state index contributed by atoms with van der Waals surface area (Å²) in [5.74, 6) is 0. The van der Waals surface area contributed by atoms with Crippen LogP contribution in [0.1, 0.15) is 79.6 Å². The van der Waals surface area contributed by atoms with Gasteiger partial charge in [0.2, 0.25) is 0 Å². The normalized spacial score (nSPS) is 16.8. The SMILES string of the molecule is CCCC(S)OB(OC(S)CCC)OC(CCC)SC(C)CC. The third-order valence-corrected chi connectivity index (χ3v) is 5.56. The molecule has 0 aromatic carbocycles. The maximum atomic E-state index is 6.12. The molecule has 0 aromatic rings. The number of thiol groups is 2. The lowest BCUT2D eigenvalue weighted by molar-refractivity contribution is 0.0639. The Morgan fingerprint density at radius 2 is 1.30 bits per heavy atom. The summed E-state index contributed by atoms with van der Waals surface area (Å²) in [6.45, 7) is 10.8. The highest BCUT2D eigenvalue weighted by atomic mass is 32.2. The van der Waals surface area contributed by atoms with Gasteiger partial charge in [0.15, 0.2) is 0 Å². The van der Waals surface area contributed by atoms with E-state index in [2.05, 4.69) is 59.9 Å². The molecule has 0 aliphatic rings. The van der Waals surface area contributed by atoms with E-state index < -0.39 is 7.32 Å². The molecule has 138 valence electrons. The van der Waals surface area contributed by atoms with Crippen LogP contribution in [0.5, 0.6) is 0 Å². The van der Waals surface area contributed by atoms with Gasteiger partial charge >= 0.3 is 7.32 Å². The van der Waals surface area contributed by atoms with E-state index in [1.165, 1.54) is 0 Å². The number of hydrogen-bond donors (Lipinski definition) is 2. The zero-order valence-corrected chi connectivity index (χ0v) is 18.0. The fraction of sp³-hybridized carbons (Fsp3) is 1.00. The topological polar surface area (TPSA) is 27.7 Å². The third kappa shape index (κ3) is 12.9. The Labute approximate surface area is 159 Å². The van der Waals surface area contributed by atoms with Crippen molar-refractivity contribution in [2.75, 3.05) is 0 Å². The van der Waals surface area contributed by atoms with Gasteiger partial charge in [-0.25, -0.2) is 0 Å². The van der Waals surface area contributed by atoms with Crippen LogP contribution in [0.25, 0.3) is 0 Å². The summed E-state index contributed by atoms with van der Waals surface area (Å²) in [5.41, 5.74) is -0.282. The number of rotatable bonds is 15. The minimum Gasteiger partial charge on any atom is -0.374 e. The molecule has 0 aliphatic carbocycles. The van der Waals surface area contributed by atoms with Crippen molar-refractivity contribution < 1.29 is 14.0 Å². The monoisotopic (exact) mass is 382 g/mol. The van der Waals surface area contributed by atoms with Crippen LogP contribution in [-0.4, -0.2) is 28.9 Å². The molecule has 7 heteroatoms. The zero-order chi connectivity index (χ0) is 17.7. The van der Waals surface area contributed by atoms with Crippen LogP contribution < -0.4 is 0 Å². The Bertz CT molecular complexity index is 261. The number of hydrogen-bond acceptors (Lipinski definition) is 6. The first-order chi connectivity index (χ1) is 11.0. The minimum absolute atomic E-state index is 0.0734. The predicted octanol–water partition coefficient (Wildman–Crippen LogP) is 5.79. The van der Waals surface area contributed by atoms with Crippen LogP contribution in [0.2, 0.25) is 0 Å². The summed E-state index contributed by atoms with van der Waals surface area (Å²) in [7, 11) is -0.703. The summed E-state index contributed by atoms with van der Waals surface area (Å²) < 4.78 is 17.8.